The van der Waals surface area contributed by atoms with Gasteiger partial charge in [-0.1, -0.05) is 18.2 Å². The molecule has 0 amide bonds. The van der Waals surface area contributed by atoms with Gasteiger partial charge in [0.15, 0.2) is 6.29 Å². The minimum Gasteiger partial charge on any atom is -0.497 e. The third-order valence-corrected chi connectivity index (χ3v) is 3.63. The number of methoxy groups -OCH3 is 1. The van der Waals surface area contributed by atoms with E-state index in [0.29, 0.717) is 5.69 Å². The third kappa shape index (κ3) is 1.79. The summed E-state index contributed by atoms with van der Waals surface area (Å²) in [6, 6.07) is 13.8. The Morgan fingerprint density at radius 1 is 1.10 bits per heavy atom. The van der Waals surface area contributed by atoms with Crippen molar-refractivity contribution in [3.05, 3.63) is 59.9 Å². The molecule has 1 aromatic carbocycles. The molecule has 3 heteroatoms. The Bertz CT molecular complexity index is 770. The number of nitrogens with zero attached hydrogens (tertiary/aromatic N) is 1. The van der Waals surface area contributed by atoms with Crippen LogP contribution in [0, 0.1) is 6.92 Å². The summed E-state index contributed by atoms with van der Waals surface area (Å²) in [5, 5.41) is 0. The van der Waals surface area contributed by atoms with Gasteiger partial charge in [-0.3, -0.25) is 4.79 Å². The second kappa shape index (κ2) is 4.85. The topological polar surface area (TPSA) is 30.7 Å². The molecule has 0 unspecified atom stereocenters. The first-order chi connectivity index (χ1) is 9.76. The molecule has 0 aliphatic carbocycles. The summed E-state index contributed by atoms with van der Waals surface area (Å²) in [5.41, 5.74) is 4.91. The van der Waals surface area contributed by atoms with Crippen molar-refractivity contribution in [2.45, 2.75) is 6.92 Å². The van der Waals surface area contributed by atoms with E-state index in [2.05, 4.69) is 0 Å². The van der Waals surface area contributed by atoms with Crippen LogP contribution in [-0.4, -0.2) is 17.8 Å². The molecule has 2 aromatic heterocycles. The normalized spacial score (nSPS) is 10.7. The molecule has 0 atom stereocenters. The van der Waals surface area contributed by atoms with E-state index in [1.165, 1.54) is 0 Å². The third-order valence-electron chi connectivity index (χ3n) is 3.63. The Morgan fingerprint density at radius 2 is 1.85 bits per heavy atom. The smallest absolute Gasteiger partial charge is 0.167 e. The zero-order valence-electron chi connectivity index (χ0n) is 11.5. The number of benzene rings is 1. The highest BCUT2D eigenvalue weighted by molar-refractivity contribution is 5.92. The lowest BCUT2D eigenvalue weighted by Gasteiger charge is -2.04. The number of pyridine rings is 1. The molecule has 0 N–H and O–H groups in total. The van der Waals surface area contributed by atoms with Gasteiger partial charge >= 0.3 is 0 Å². The Balaban J connectivity index is 2.29. The van der Waals surface area contributed by atoms with Crippen LogP contribution in [0.4, 0.5) is 0 Å². The van der Waals surface area contributed by atoms with Gasteiger partial charge < -0.3 is 9.14 Å². The summed E-state index contributed by atoms with van der Waals surface area (Å²) in [5.74, 6) is 0.825. The van der Waals surface area contributed by atoms with Crippen molar-refractivity contribution >= 4 is 11.8 Å². The largest absolute Gasteiger partial charge is 0.497 e. The molecule has 3 rings (SSSR count). The fourth-order valence-corrected chi connectivity index (χ4v) is 2.63. The maximum Gasteiger partial charge on any atom is 0.167 e. The van der Waals surface area contributed by atoms with Crippen molar-refractivity contribution in [2.24, 2.45) is 0 Å². The van der Waals surface area contributed by atoms with Gasteiger partial charge in [0, 0.05) is 11.8 Å². The number of carbonyl (C=O) groups is 1. The second-order valence-electron chi connectivity index (χ2n) is 4.69. The number of aromatic nitrogens is 1. The molecule has 0 bridgehead atoms. The molecule has 3 nitrogen and oxygen atoms in total. The lowest BCUT2D eigenvalue weighted by molar-refractivity contribution is 0.111. The zero-order chi connectivity index (χ0) is 14.1. The van der Waals surface area contributed by atoms with Crippen LogP contribution >= 0.6 is 0 Å². The standard InChI is InChI=1S/C17H15NO2/c1-12-16(11-19)18-10-4-3-5-15(18)17(12)13-6-8-14(20-2)9-7-13/h3-11H,1-2H3. The minimum atomic E-state index is 0.700. The van der Waals surface area contributed by atoms with Gasteiger partial charge in [-0.25, -0.2) is 0 Å². The van der Waals surface area contributed by atoms with Crippen LogP contribution < -0.4 is 4.74 Å². The van der Waals surface area contributed by atoms with Crippen molar-refractivity contribution in [1.82, 2.24) is 4.40 Å². The van der Waals surface area contributed by atoms with Gasteiger partial charge in [0.25, 0.3) is 0 Å². The van der Waals surface area contributed by atoms with Gasteiger partial charge in [-0.15, -0.1) is 0 Å². The summed E-state index contributed by atoms with van der Waals surface area (Å²) in [7, 11) is 1.65. The van der Waals surface area contributed by atoms with E-state index in [-0.39, 0.29) is 0 Å². The molecule has 0 aliphatic rings. The van der Waals surface area contributed by atoms with E-state index in [0.717, 1.165) is 34.2 Å². The molecule has 0 saturated carbocycles. The molecule has 3 aromatic rings. The minimum absolute atomic E-state index is 0.700. The molecule has 20 heavy (non-hydrogen) atoms. The van der Waals surface area contributed by atoms with Crippen LogP contribution in [0.15, 0.2) is 48.7 Å². The van der Waals surface area contributed by atoms with Crippen molar-refractivity contribution in [2.75, 3.05) is 7.11 Å². The van der Waals surface area contributed by atoms with Gasteiger partial charge in [0.2, 0.25) is 0 Å². The Kier molecular flexibility index (Phi) is 3.03. The van der Waals surface area contributed by atoms with Crippen LogP contribution in [0.5, 0.6) is 5.75 Å². The number of ether oxygens (including phenoxy) is 1. The number of rotatable bonds is 3. The summed E-state index contributed by atoms with van der Waals surface area (Å²) in [6.07, 6.45) is 2.83. The second-order valence-corrected chi connectivity index (χ2v) is 4.69. The lowest BCUT2D eigenvalue weighted by Crippen LogP contribution is -1.90. The first-order valence-electron chi connectivity index (χ1n) is 6.45. The maximum atomic E-state index is 11.3. The zero-order valence-corrected chi connectivity index (χ0v) is 11.5. The average Bonchev–Trinajstić information content (AvgIpc) is 2.79. The van der Waals surface area contributed by atoms with E-state index >= 15 is 0 Å². The van der Waals surface area contributed by atoms with Crippen LogP contribution in [-0.2, 0) is 0 Å². The molecule has 0 saturated heterocycles. The summed E-state index contributed by atoms with van der Waals surface area (Å²) in [4.78, 5) is 11.3. The van der Waals surface area contributed by atoms with E-state index in [1.807, 2.05) is 60.0 Å². The van der Waals surface area contributed by atoms with E-state index < -0.39 is 0 Å². The first-order valence-corrected chi connectivity index (χ1v) is 6.45. The summed E-state index contributed by atoms with van der Waals surface area (Å²) >= 11 is 0. The highest BCUT2D eigenvalue weighted by atomic mass is 16.5. The Labute approximate surface area is 117 Å². The van der Waals surface area contributed by atoms with Crippen LogP contribution in [0.2, 0.25) is 0 Å². The SMILES string of the molecule is COc1ccc(-c2c(C)c(C=O)n3ccccc23)cc1. The maximum absolute atomic E-state index is 11.3. The number of aldehydes is 1. The van der Waals surface area contributed by atoms with E-state index in [9.17, 15) is 4.79 Å². The Morgan fingerprint density at radius 3 is 2.50 bits per heavy atom. The van der Waals surface area contributed by atoms with E-state index in [1.54, 1.807) is 7.11 Å². The summed E-state index contributed by atoms with van der Waals surface area (Å²) in [6.45, 7) is 1.98. The molecule has 0 aliphatic heterocycles. The first kappa shape index (κ1) is 12.5. The quantitative estimate of drug-likeness (QED) is 0.675. The van der Waals surface area contributed by atoms with Crippen LogP contribution in [0.1, 0.15) is 16.1 Å². The van der Waals surface area contributed by atoms with Crippen molar-refractivity contribution < 1.29 is 9.53 Å². The monoisotopic (exact) mass is 265 g/mol. The number of fused-ring (bicyclic) bond motifs is 1. The van der Waals surface area contributed by atoms with Crippen molar-refractivity contribution in [3.63, 3.8) is 0 Å². The number of hydrogen-bond donors (Lipinski definition) is 0. The predicted molar refractivity (Wildman–Crippen MR) is 79.5 cm³/mol. The fraction of sp³-hybridized carbons (Fsp3) is 0.118. The average molecular weight is 265 g/mol. The molecular weight excluding hydrogens is 250 g/mol. The highest BCUT2D eigenvalue weighted by Gasteiger charge is 2.15. The predicted octanol–water partition coefficient (Wildman–Crippen LogP) is 3.74. The number of carbonyl (C=O) groups excluding carboxylic acids is 1. The highest BCUT2D eigenvalue weighted by Crippen LogP contribution is 2.33. The fourth-order valence-electron chi connectivity index (χ4n) is 2.63. The molecular formula is C17H15NO2. The van der Waals surface area contributed by atoms with Crippen LogP contribution in [0.25, 0.3) is 16.6 Å². The Hall–Kier alpha value is -2.55. The van der Waals surface area contributed by atoms with Crippen molar-refractivity contribution in [3.8, 4) is 16.9 Å². The molecule has 2 heterocycles. The van der Waals surface area contributed by atoms with Crippen molar-refractivity contribution in [1.29, 1.82) is 0 Å². The van der Waals surface area contributed by atoms with Gasteiger partial charge in [0.05, 0.1) is 18.3 Å². The van der Waals surface area contributed by atoms with Gasteiger partial charge in [0.1, 0.15) is 5.75 Å². The van der Waals surface area contributed by atoms with E-state index in [4.69, 9.17) is 4.74 Å². The molecule has 0 fully saturated rings. The molecule has 0 radical (unpaired) electrons. The van der Waals surface area contributed by atoms with Crippen LogP contribution in [0.3, 0.4) is 0 Å². The molecule has 100 valence electrons. The van der Waals surface area contributed by atoms with Gasteiger partial charge in [-0.05, 0) is 42.3 Å². The van der Waals surface area contributed by atoms with Gasteiger partial charge in [-0.2, -0.15) is 0 Å². The number of hydrogen-bond acceptors (Lipinski definition) is 2. The molecule has 0 spiro atoms. The lowest BCUT2D eigenvalue weighted by atomic mass is 10.0. The summed E-state index contributed by atoms with van der Waals surface area (Å²) < 4.78 is 7.12.